The summed E-state index contributed by atoms with van der Waals surface area (Å²) in [4.78, 5) is 4.21. The van der Waals surface area contributed by atoms with E-state index in [4.69, 9.17) is 17.0 Å². The van der Waals surface area contributed by atoms with E-state index in [-0.39, 0.29) is 17.1 Å². The Labute approximate surface area is 145 Å². The van der Waals surface area contributed by atoms with Gasteiger partial charge in [-0.3, -0.25) is 10.4 Å². The molecule has 7 heteroatoms. The molecule has 0 spiro atoms. The van der Waals surface area contributed by atoms with Gasteiger partial charge in [-0.1, -0.05) is 6.07 Å². The van der Waals surface area contributed by atoms with Gasteiger partial charge in [0.25, 0.3) is 0 Å². The Balaban J connectivity index is 0.00000242. The standard InChI is InChI=1S/C15H16N4OS.Cu/c1-11(14-5-3-4-10-16-14)18-19-15(21)17-12-6-8-13(20-2)9-7-12;/h3-10H,1-2H3,(H2,17,19,21);/q;+2. The van der Waals surface area contributed by atoms with Gasteiger partial charge in [0.2, 0.25) is 0 Å². The van der Waals surface area contributed by atoms with E-state index in [1.54, 1.807) is 13.3 Å². The number of methoxy groups -OCH3 is 1. The number of hydrazone groups is 1. The summed E-state index contributed by atoms with van der Waals surface area (Å²) in [6, 6.07) is 13.1. The van der Waals surface area contributed by atoms with E-state index in [0.29, 0.717) is 5.11 Å². The van der Waals surface area contributed by atoms with Crippen molar-refractivity contribution >= 4 is 28.7 Å². The fraction of sp³-hybridized carbons (Fsp3) is 0.133. The summed E-state index contributed by atoms with van der Waals surface area (Å²) in [5, 5.41) is 7.65. The van der Waals surface area contributed by atoms with Crippen LogP contribution in [0.15, 0.2) is 53.8 Å². The minimum atomic E-state index is 0. The largest absolute Gasteiger partial charge is 2.00 e. The summed E-state index contributed by atoms with van der Waals surface area (Å²) in [5.41, 5.74) is 5.22. The van der Waals surface area contributed by atoms with Gasteiger partial charge in [-0.25, -0.2) is 0 Å². The molecule has 0 aliphatic heterocycles. The Kier molecular flexibility index (Phi) is 7.52. The van der Waals surface area contributed by atoms with Gasteiger partial charge in [0.05, 0.1) is 18.5 Å². The first-order valence-electron chi connectivity index (χ1n) is 6.36. The molecule has 1 heterocycles. The van der Waals surface area contributed by atoms with E-state index < -0.39 is 0 Å². The molecular formula is C15H16CuN4OS+2. The maximum atomic E-state index is 5.18. The number of nitrogens with one attached hydrogen (secondary N) is 2. The number of nitrogens with zero attached hydrogens (tertiary/aromatic N) is 2. The zero-order valence-electron chi connectivity index (χ0n) is 12.1. The van der Waals surface area contributed by atoms with Crippen molar-refractivity contribution in [1.29, 1.82) is 0 Å². The van der Waals surface area contributed by atoms with Crippen molar-refractivity contribution in [1.82, 2.24) is 10.4 Å². The van der Waals surface area contributed by atoms with Crippen LogP contribution in [0.1, 0.15) is 12.6 Å². The van der Waals surface area contributed by atoms with Crippen molar-refractivity contribution in [3.8, 4) is 5.75 Å². The Morgan fingerprint density at radius 1 is 1.18 bits per heavy atom. The van der Waals surface area contributed by atoms with Crippen LogP contribution in [0.2, 0.25) is 0 Å². The van der Waals surface area contributed by atoms with E-state index in [9.17, 15) is 0 Å². The van der Waals surface area contributed by atoms with Gasteiger partial charge < -0.3 is 10.1 Å². The number of ether oxygens (including phenoxy) is 1. The van der Waals surface area contributed by atoms with Gasteiger partial charge in [0.1, 0.15) is 5.75 Å². The number of anilines is 1. The summed E-state index contributed by atoms with van der Waals surface area (Å²) in [6.45, 7) is 1.87. The first-order chi connectivity index (χ1) is 10.2. The third-order valence-corrected chi connectivity index (χ3v) is 2.90. The molecule has 0 unspecified atom stereocenters. The molecule has 2 rings (SSSR count). The second-order valence-electron chi connectivity index (χ2n) is 4.21. The minimum Gasteiger partial charge on any atom is -0.497 e. The van der Waals surface area contributed by atoms with Gasteiger partial charge in [-0.15, -0.1) is 0 Å². The molecule has 2 N–H and O–H groups in total. The van der Waals surface area contributed by atoms with Gasteiger partial charge in [0, 0.05) is 11.9 Å². The van der Waals surface area contributed by atoms with Crippen LogP contribution in [-0.4, -0.2) is 22.9 Å². The van der Waals surface area contributed by atoms with Gasteiger partial charge in [0.15, 0.2) is 5.11 Å². The number of aromatic nitrogens is 1. The van der Waals surface area contributed by atoms with Crippen molar-refractivity contribution in [2.45, 2.75) is 6.92 Å². The molecule has 0 saturated carbocycles. The summed E-state index contributed by atoms with van der Waals surface area (Å²) >= 11 is 5.18. The average molecular weight is 364 g/mol. The Bertz CT molecular complexity index is 632. The van der Waals surface area contributed by atoms with Crippen molar-refractivity contribution < 1.29 is 21.8 Å². The van der Waals surface area contributed by atoms with Crippen LogP contribution in [0, 0.1) is 0 Å². The van der Waals surface area contributed by atoms with Gasteiger partial charge >= 0.3 is 17.1 Å². The number of pyridine rings is 1. The normalized spacial score (nSPS) is 10.4. The van der Waals surface area contributed by atoms with Crippen LogP contribution < -0.4 is 15.5 Å². The summed E-state index contributed by atoms with van der Waals surface area (Å²) in [7, 11) is 1.63. The van der Waals surface area contributed by atoms with Gasteiger partial charge in [-0.2, -0.15) is 5.10 Å². The van der Waals surface area contributed by atoms with Crippen LogP contribution in [0.3, 0.4) is 0 Å². The van der Waals surface area contributed by atoms with E-state index in [1.807, 2.05) is 49.4 Å². The van der Waals surface area contributed by atoms with Crippen molar-refractivity contribution in [3.05, 3.63) is 54.4 Å². The SMILES string of the molecule is COc1ccc(NC(=S)NN=C(C)c2ccccn2)cc1.[Cu+2]. The monoisotopic (exact) mass is 363 g/mol. The number of benzene rings is 1. The maximum absolute atomic E-state index is 5.18. The van der Waals surface area contributed by atoms with E-state index in [0.717, 1.165) is 22.8 Å². The predicted molar refractivity (Wildman–Crippen MR) is 88.8 cm³/mol. The summed E-state index contributed by atoms with van der Waals surface area (Å²) < 4.78 is 5.10. The minimum absolute atomic E-state index is 0. The Morgan fingerprint density at radius 3 is 2.50 bits per heavy atom. The molecule has 2 aromatic rings. The molecule has 0 bridgehead atoms. The summed E-state index contributed by atoms with van der Waals surface area (Å²) in [6.07, 6.45) is 1.72. The van der Waals surface area contributed by atoms with Crippen molar-refractivity contribution in [2.24, 2.45) is 5.10 Å². The molecule has 0 saturated heterocycles. The topological polar surface area (TPSA) is 58.5 Å². The Hall–Kier alpha value is -1.95. The van der Waals surface area contributed by atoms with Crippen molar-refractivity contribution in [3.63, 3.8) is 0 Å². The molecule has 1 aromatic carbocycles. The van der Waals surface area contributed by atoms with E-state index >= 15 is 0 Å². The number of rotatable bonds is 4. The van der Waals surface area contributed by atoms with Crippen molar-refractivity contribution in [2.75, 3.05) is 12.4 Å². The number of thiocarbonyl (C=S) groups is 1. The quantitative estimate of drug-likeness (QED) is 0.378. The fourth-order valence-electron chi connectivity index (χ4n) is 1.60. The molecule has 1 radical (unpaired) electrons. The maximum Gasteiger partial charge on any atom is 2.00 e. The van der Waals surface area contributed by atoms with Gasteiger partial charge in [-0.05, 0) is 55.5 Å². The molecule has 0 aliphatic rings. The molecule has 5 nitrogen and oxygen atoms in total. The smallest absolute Gasteiger partial charge is 0.497 e. The third-order valence-electron chi connectivity index (χ3n) is 2.71. The second-order valence-corrected chi connectivity index (χ2v) is 4.61. The summed E-state index contributed by atoms with van der Waals surface area (Å²) in [5.74, 6) is 0.795. The van der Waals surface area contributed by atoms with Crippen LogP contribution in [0.25, 0.3) is 0 Å². The van der Waals surface area contributed by atoms with E-state index in [2.05, 4.69) is 20.8 Å². The second kappa shape index (κ2) is 9.15. The fourth-order valence-corrected chi connectivity index (χ4v) is 1.77. The average Bonchev–Trinajstić information content (AvgIpc) is 2.54. The molecule has 22 heavy (non-hydrogen) atoms. The van der Waals surface area contributed by atoms with Crippen LogP contribution >= 0.6 is 12.2 Å². The third kappa shape index (κ3) is 5.44. The molecule has 0 amide bonds. The first-order valence-corrected chi connectivity index (χ1v) is 6.76. The molecule has 0 fully saturated rings. The Morgan fingerprint density at radius 2 is 1.91 bits per heavy atom. The molecule has 117 valence electrons. The van der Waals surface area contributed by atoms with Crippen LogP contribution in [0.5, 0.6) is 5.75 Å². The molecule has 0 atom stereocenters. The van der Waals surface area contributed by atoms with E-state index in [1.165, 1.54) is 0 Å². The van der Waals surface area contributed by atoms with Crippen LogP contribution in [0.4, 0.5) is 5.69 Å². The first kappa shape index (κ1) is 18.1. The van der Waals surface area contributed by atoms with Crippen LogP contribution in [-0.2, 0) is 17.1 Å². The molecular weight excluding hydrogens is 348 g/mol. The zero-order valence-corrected chi connectivity index (χ0v) is 13.9. The predicted octanol–water partition coefficient (Wildman–Crippen LogP) is 2.80. The zero-order chi connectivity index (χ0) is 15.1. The molecule has 0 aliphatic carbocycles. The number of hydrogen-bond donors (Lipinski definition) is 2. The number of hydrogen-bond acceptors (Lipinski definition) is 4. The molecule has 1 aromatic heterocycles.